The quantitative estimate of drug-likeness (QED) is 0.506. The molecular weight excluding hydrogens is 450 g/mol. The van der Waals surface area contributed by atoms with E-state index in [0.717, 1.165) is 55.9 Å². The molecule has 3 aromatic rings. The number of hydrogen-bond donors (Lipinski definition) is 3. The van der Waals surface area contributed by atoms with Crippen molar-refractivity contribution < 1.29 is 5.11 Å². The zero-order valence-corrected chi connectivity index (χ0v) is 20.5. The normalized spacial score (nSPS) is 29.2. The minimum atomic E-state index is 0.201. The summed E-state index contributed by atoms with van der Waals surface area (Å²) in [5.41, 5.74) is 10.2. The molecule has 2 saturated heterocycles. The number of fused-ring (bicyclic) bond motifs is 1. The highest BCUT2D eigenvalue weighted by molar-refractivity contribution is 5.74. The van der Waals surface area contributed by atoms with Gasteiger partial charge in [-0.05, 0) is 91.6 Å². The molecule has 2 aromatic heterocycles. The van der Waals surface area contributed by atoms with Crippen LogP contribution in [0, 0.1) is 23.2 Å². The largest absolute Gasteiger partial charge is 0.507 e. The maximum Gasteiger partial charge on any atom is 0.169 e. The smallest absolute Gasteiger partial charge is 0.169 e. The van der Waals surface area contributed by atoms with Gasteiger partial charge in [-0.25, -0.2) is 9.97 Å². The Balaban J connectivity index is 1.08. The van der Waals surface area contributed by atoms with Crippen molar-refractivity contribution in [2.24, 2.45) is 23.2 Å². The van der Waals surface area contributed by atoms with E-state index in [0.29, 0.717) is 34.3 Å². The molecule has 0 radical (unpaired) electrons. The van der Waals surface area contributed by atoms with E-state index in [9.17, 15) is 5.11 Å². The topological polar surface area (TPSA) is 113 Å². The summed E-state index contributed by atoms with van der Waals surface area (Å²) in [5.74, 6) is 4.43. The lowest BCUT2D eigenvalue weighted by molar-refractivity contribution is 0.162. The summed E-state index contributed by atoms with van der Waals surface area (Å²) in [5, 5.41) is 22.3. The van der Waals surface area contributed by atoms with Crippen LogP contribution in [0.4, 0.5) is 11.5 Å². The van der Waals surface area contributed by atoms with Crippen molar-refractivity contribution in [1.29, 1.82) is 0 Å². The lowest BCUT2D eigenvalue weighted by Gasteiger charge is -2.37. The fraction of sp³-hybridized carbons (Fsp3) is 0.500. The molecular formula is C28H33N7O. The van der Waals surface area contributed by atoms with Crippen LogP contribution in [0.1, 0.15) is 43.0 Å². The van der Waals surface area contributed by atoms with Crippen LogP contribution in [0.2, 0.25) is 0 Å². The summed E-state index contributed by atoms with van der Waals surface area (Å²) in [6.07, 6.45) is 9.96. The second-order valence-corrected chi connectivity index (χ2v) is 11.2. The van der Waals surface area contributed by atoms with Gasteiger partial charge in [-0.2, -0.15) is 0 Å². The Labute approximate surface area is 211 Å². The van der Waals surface area contributed by atoms with Gasteiger partial charge in [0.1, 0.15) is 11.6 Å². The van der Waals surface area contributed by atoms with Crippen molar-refractivity contribution >= 4 is 11.5 Å². The highest BCUT2D eigenvalue weighted by Crippen LogP contribution is 2.77. The SMILES string of the molecule is Nc1nnc(-c2ccccc2O)cc1N1CCC2CC3(Cc4ncc(C5CCNCC5)cn4)C(C1)C23. The van der Waals surface area contributed by atoms with E-state index in [4.69, 9.17) is 15.7 Å². The molecule has 4 N–H and O–H groups in total. The molecule has 2 saturated carbocycles. The minimum Gasteiger partial charge on any atom is -0.507 e. The van der Waals surface area contributed by atoms with Gasteiger partial charge < -0.3 is 21.1 Å². The first-order valence-corrected chi connectivity index (χ1v) is 13.3. The highest BCUT2D eigenvalue weighted by Gasteiger charge is 2.75. The van der Waals surface area contributed by atoms with Gasteiger partial charge in [-0.3, -0.25) is 0 Å². The van der Waals surface area contributed by atoms with E-state index < -0.39 is 0 Å². The van der Waals surface area contributed by atoms with Gasteiger partial charge in [0, 0.05) is 37.5 Å². The third-order valence-electron chi connectivity index (χ3n) is 9.41. The predicted octanol–water partition coefficient (Wildman–Crippen LogP) is 3.39. The zero-order valence-electron chi connectivity index (χ0n) is 20.5. The third-order valence-corrected chi connectivity index (χ3v) is 9.41. The monoisotopic (exact) mass is 483 g/mol. The van der Waals surface area contributed by atoms with E-state index in [1.54, 1.807) is 6.07 Å². The average molecular weight is 484 g/mol. The number of para-hydroxylation sites is 1. The summed E-state index contributed by atoms with van der Waals surface area (Å²) in [6.45, 7) is 4.13. The number of aromatic nitrogens is 4. The van der Waals surface area contributed by atoms with Gasteiger partial charge in [-0.1, -0.05) is 12.1 Å². The summed E-state index contributed by atoms with van der Waals surface area (Å²) >= 11 is 0. The number of benzene rings is 1. The van der Waals surface area contributed by atoms with Gasteiger partial charge in [-0.15, -0.1) is 10.2 Å². The first kappa shape index (κ1) is 22.0. The van der Waals surface area contributed by atoms with Crippen LogP contribution in [0.25, 0.3) is 11.3 Å². The molecule has 4 atom stereocenters. The lowest BCUT2D eigenvalue weighted by Crippen LogP contribution is -2.36. The van der Waals surface area contributed by atoms with E-state index in [2.05, 4.69) is 32.8 Å². The molecule has 4 fully saturated rings. The molecule has 7 rings (SSSR count). The average Bonchev–Trinajstić information content (AvgIpc) is 3.45. The first-order chi connectivity index (χ1) is 17.6. The second-order valence-electron chi connectivity index (χ2n) is 11.2. The van der Waals surface area contributed by atoms with Gasteiger partial charge in [0.25, 0.3) is 0 Å². The number of nitrogens with two attached hydrogens (primary N) is 1. The number of anilines is 2. The van der Waals surface area contributed by atoms with Crippen molar-refractivity contribution in [2.75, 3.05) is 36.8 Å². The van der Waals surface area contributed by atoms with Gasteiger partial charge in [0.2, 0.25) is 0 Å². The van der Waals surface area contributed by atoms with Crippen LogP contribution < -0.4 is 16.0 Å². The summed E-state index contributed by atoms with van der Waals surface area (Å²) in [4.78, 5) is 12.0. The molecule has 1 aromatic carbocycles. The minimum absolute atomic E-state index is 0.201. The van der Waals surface area contributed by atoms with E-state index in [1.807, 2.05) is 24.3 Å². The standard InChI is InChI=1S/C28H33N7O/c29-27-23(11-22(33-34-27)20-3-1-2-4-24(20)36)35-10-7-18-12-28(21(16-35)26(18)28)13-25-31-14-19(15-32-25)17-5-8-30-9-6-17/h1-4,11,14-15,17-18,21,26,30,36H,5-10,12-13,16H2,(H2,29,34). The van der Waals surface area contributed by atoms with E-state index >= 15 is 0 Å². The van der Waals surface area contributed by atoms with Crippen LogP contribution in [-0.2, 0) is 6.42 Å². The van der Waals surface area contributed by atoms with Crippen LogP contribution in [0.15, 0.2) is 42.7 Å². The van der Waals surface area contributed by atoms with Gasteiger partial charge >= 0.3 is 0 Å². The number of phenols is 1. The fourth-order valence-corrected chi connectivity index (χ4v) is 7.50. The van der Waals surface area contributed by atoms with Gasteiger partial charge in [0.05, 0.1) is 11.4 Å². The molecule has 36 heavy (non-hydrogen) atoms. The van der Waals surface area contributed by atoms with E-state index in [-0.39, 0.29) is 5.75 Å². The van der Waals surface area contributed by atoms with Crippen LogP contribution in [0.3, 0.4) is 0 Å². The summed E-state index contributed by atoms with van der Waals surface area (Å²) in [7, 11) is 0. The molecule has 0 spiro atoms. The van der Waals surface area contributed by atoms with Crippen molar-refractivity contribution in [3.63, 3.8) is 0 Å². The maximum absolute atomic E-state index is 10.3. The number of nitrogen functional groups attached to an aromatic ring is 1. The lowest BCUT2D eigenvalue weighted by atomic mass is 9.71. The van der Waals surface area contributed by atoms with Crippen molar-refractivity contribution in [3.05, 3.63) is 54.1 Å². The number of nitrogens with one attached hydrogen (secondary N) is 1. The van der Waals surface area contributed by atoms with Crippen molar-refractivity contribution in [1.82, 2.24) is 25.5 Å². The molecule has 0 amide bonds. The number of rotatable bonds is 5. The molecule has 0 bridgehead atoms. The number of piperidine rings is 1. The Morgan fingerprint density at radius 1 is 1.08 bits per heavy atom. The number of nitrogens with zero attached hydrogens (tertiary/aromatic N) is 5. The van der Waals surface area contributed by atoms with Crippen molar-refractivity contribution in [2.45, 2.75) is 38.0 Å². The highest BCUT2D eigenvalue weighted by atomic mass is 16.3. The van der Waals surface area contributed by atoms with Crippen LogP contribution >= 0.6 is 0 Å². The molecule has 4 aliphatic rings. The third kappa shape index (κ3) is 3.53. The molecule has 4 unspecified atom stereocenters. The Kier molecular flexibility index (Phi) is 5.13. The number of phenolic OH excluding ortho intramolecular Hbond substituents is 1. The zero-order chi connectivity index (χ0) is 24.3. The molecule has 2 aliphatic carbocycles. The Morgan fingerprint density at radius 3 is 2.69 bits per heavy atom. The Morgan fingerprint density at radius 2 is 1.89 bits per heavy atom. The fourth-order valence-electron chi connectivity index (χ4n) is 7.50. The Bertz CT molecular complexity index is 1280. The number of hydrogen-bond acceptors (Lipinski definition) is 8. The summed E-state index contributed by atoms with van der Waals surface area (Å²) < 4.78 is 0. The molecule has 8 nitrogen and oxygen atoms in total. The molecule has 8 heteroatoms. The molecule has 2 aliphatic heterocycles. The molecule has 186 valence electrons. The Hall–Kier alpha value is -3.26. The van der Waals surface area contributed by atoms with Gasteiger partial charge in [0.15, 0.2) is 5.82 Å². The summed E-state index contributed by atoms with van der Waals surface area (Å²) in [6, 6.07) is 9.22. The predicted molar refractivity (Wildman–Crippen MR) is 138 cm³/mol. The molecule has 4 heterocycles. The first-order valence-electron chi connectivity index (χ1n) is 13.3. The second kappa shape index (κ2) is 8.40. The van der Waals surface area contributed by atoms with Crippen LogP contribution in [0.5, 0.6) is 5.75 Å². The van der Waals surface area contributed by atoms with Crippen LogP contribution in [-0.4, -0.2) is 51.5 Å². The number of aromatic hydroxyl groups is 1. The van der Waals surface area contributed by atoms with E-state index in [1.165, 1.54) is 31.2 Å². The van der Waals surface area contributed by atoms with Crippen molar-refractivity contribution in [3.8, 4) is 17.0 Å². The maximum atomic E-state index is 10.3.